The molecule has 13 nitrogen and oxygen atoms in total. The number of phenols is 2. The molecule has 0 radical (unpaired) electrons. The smallest absolute Gasteiger partial charge is 0.328 e. The van der Waals surface area contributed by atoms with Crippen LogP contribution in [0.15, 0.2) is 51.7 Å². The predicted molar refractivity (Wildman–Crippen MR) is 146 cm³/mol. The van der Waals surface area contributed by atoms with Gasteiger partial charge in [-0.1, -0.05) is 30.3 Å². The molecule has 1 aliphatic heterocycles. The number of carbonyl (C=O) groups is 2. The largest absolute Gasteiger partial charge is 0.504 e. The summed E-state index contributed by atoms with van der Waals surface area (Å²) in [6.07, 6.45) is -7.48. The van der Waals surface area contributed by atoms with Gasteiger partial charge in [-0.2, -0.15) is 11.8 Å². The summed E-state index contributed by atoms with van der Waals surface area (Å²) in [4.78, 5) is 37.8. The van der Waals surface area contributed by atoms with Crippen LogP contribution in [-0.4, -0.2) is 93.3 Å². The van der Waals surface area contributed by atoms with Crippen molar-refractivity contribution in [1.82, 2.24) is 5.32 Å². The normalized spacial score (nSPS) is 23.1. The number of nitrogens with one attached hydrogen (secondary N) is 1. The van der Waals surface area contributed by atoms with Crippen LogP contribution < -0.4 is 15.5 Å². The van der Waals surface area contributed by atoms with Crippen LogP contribution in [0.4, 0.5) is 0 Å². The Bertz CT molecular complexity index is 1460. The third kappa shape index (κ3) is 6.26. The van der Waals surface area contributed by atoms with Gasteiger partial charge in [-0.25, -0.2) is 4.79 Å². The first-order valence-electron chi connectivity index (χ1n) is 12.4. The molecule has 1 saturated heterocycles. The van der Waals surface area contributed by atoms with E-state index in [1.807, 2.05) is 0 Å². The Balaban J connectivity index is 1.63. The van der Waals surface area contributed by atoms with Gasteiger partial charge in [0.15, 0.2) is 23.0 Å². The van der Waals surface area contributed by atoms with Crippen LogP contribution in [0.2, 0.25) is 0 Å². The van der Waals surface area contributed by atoms with Crippen molar-refractivity contribution in [3.63, 3.8) is 0 Å². The van der Waals surface area contributed by atoms with Crippen LogP contribution >= 0.6 is 11.8 Å². The molecule has 1 aromatic heterocycles. The SMILES string of the molecule is COC(=O)[C@H](CCSC)NC(=O)[C@@H]1O[C@@H](Oc2cc3oc(-c4ccccc4)cc(=O)c3c(O)c2O)[C@@H](O)[C@H](O)[C@@H]1O. The first-order chi connectivity index (χ1) is 19.6. The highest BCUT2D eigenvalue weighted by Gasteiger charge is 2.48. The summed E-state index contributed by atoms with van der Waals surface area (Å²) >= 11 is 1.42. The number of thioether (sulfide) groups is 1. The summed E-state index contributed by atoms with van der Waals surface area (Å²) in [6, 6.07) is 9.74. The topological polar surface area (TPSA) is 205 Å². The quantitative estimate of drug-likeness (QED) is 0.148. The van der Waals surface area contributed by atoms with E-state index in [0.717, 1.165) is 19.2 Å². The zero-order valence-electron chi connectivity index (χ0n) is 21.9. The van der Waals surface area contributed by atoms with E-state index in [-0.39, 0.29) is 23.2 Å². The number of aliphatic hydroxyl groups is 3. The van der Waals surface area contributed by atoms with Gasteiger partial charge in [0.05, 0.1) is 7.11 Å². The lowest BCUT2D eigenvalue weighted by Gasteiger charge is -2.39. The average molecular weight is 592 g/mol. The van der Waals surface area contributed by atoms with E-state index in [4.69, 9.17) is 18.6 Å². The van der Waals surface area contributed by atoms with Crippen molar-refractivity contribution in [3.05, 3.63) is 52.7 Å². The van der Waals surface area contributed by atoms with Gasteiger partial charge in [0, 0.05) is 17.7 Å². The summed E-state index contributed by atoms with van der Waals surface area (Å²) in [6.45, 7) is 0. The summed E-state index contributed by atoms with van der Waals surface area (Å²) < 4.78 is 21.5. The first kappa shape index (κ1) is 30.1. The van der Waals surface area contributed by atoms with E-state index < -0.39 is 71.3 Å². The minimum atomic E-state index is -1.95. The van der Waals surface area contributed by atoms with E-state index in [1.165, 1.54) is 11.8 Å². The molecule has 4 rings (SSSR count). The molecule has 2 heterocycles. The first-order valence-corrected chi connectivity index (χ1v) is 13.8. The second-order valence-electron chi connectivity index (χ2n) is 9.17. The third-order valence-corrected chi connectivity index (χ3v) is 7.12. The summed E-state index contributed by atoms with van der Waals surface area (Å²) in [5.41, 5.74) is -0.284. The van der Waals surface area contributed by atoms with Gasteiger partial charge >= 0.3 is 5.97 Å². The Labute approximate surface area is 237 Å². The number of aromatic hydroxyl groups is 2. The number of hydrogen-bond donors (Lipinski definition) is 6. The minimum Gasteiger partial charge on any atom is -0.504 e. The van der Waals surface area contributed by atoms with Crippen molar-refractivity contribution < 1.29 is 53.7 Å². The van der Waals surface area contributed by atoms with Gasteiger partial charge < -0.3 is 49.5 Å². The lowest BCUT2D eigenvalue weighted by atomic mass is 9.98. The Morgan fingerprint density at radius 2 is 1.76 bits per heavy atom. The highest BCUT2D eigenvalue weighted by atomic mass is 32.2. The van der Waals surface area contributed by atoms with Crippen molar-refractivity contribution in [2.75, 3.05) is 19.1 Å². The van der Waals surface area contributed by atoms with Crippen LogP contribution in [0.3, 0.4) is 0 Å². The molecule has 0 bridgehead atoms. The number of hydrogen-bond acceptors (Lipinski definition) is 13. The molecule has 1 amide bonds. The second-order valence-corrected chi connectivity index (χ2v) is 10.2. The second kappa shape index (κ2) is 12.8. The molecule has 1 fully saturated rings. The minimum absolute atomic E-state index is 0.157. The molecule has 0 saturated carbocycles. The monoisotopic (exact) mass is 591 g/mol. The third-order valence-electron chi connectivity index (χ3n) is 6.47. The van der Waals surface area contributed by atoms with Crippen LogP contribution in [-0.2, 0) is 19.1 Å². The molecule has 6 N–H and O–H groups in total. The van der Waals surface area contributed by atoms with Gasteiger partial charge in [0.2, 0.25) is 12.0 Å². The number of benzene rings is 2. The number of esters is 1. The Morgan fingerprint density at radius 1 is 1.05 bits per heavy atom. The highest BCUT2D eigenvalue weighted by Crippen LogP contribution is 2.42. The molecular formula is C27H29NO12S. The fourth-order valence-electron chi connectivity index (χ4n) is 4.27. The Kier molecular flexibility index (Phi) is 9.40. The van der Waals surface area contributed by atoms with Crippen molar-refractivity contribution in [1.29, 1.82) is 0 Å². The molecule has 1 aliphatic rings. The molecule has 2 aromatic carbocycles. The molecular weight excluding hydrogens is 562 g/mol. The van der Waals surface area contributed by atoms with Gasteiger partial charge in [-0.05, 0) is 18.4 Å². The molecule has 14 heteroatoms. The maximum atomic E-state index is 13.0. The number of aliphatic hydroxyl groups excluding tert-OH is 3. The zero-order valence-corrected chi connectivity index (χ0v) is 22.7. The van der Waals surface area contributed by atoms with Gasteiger partial charge in [-0.15, -0.1) is 0 Å². The van der Waals surface area contributed by atoms with Crippen molar-refractivity contribution >= 4 is 34.6 Å². The maximum absolute atomic E-state index is 13.0. The summed E-state index contributed by atoms with van der Waals surface area (Å²) in [5.74, 6) is -3.39. The Hall–Kier alpha value is -3.82. The van der Waals surface area contributed by atoms with Crippen molar-refractivity contribution in [2.45, 2.75) is 43.2 Å². The number of phenolic OH excluding ortho intramolecular Hbond substituents is 2. The molecule has 220 valence electrons. The van der Waals surface area contributed by atoms with Crippen molar-refractivity contribution in [2.24, 2.45) is 0 Å². The lowest BCUT2D eigenvalue weighted by molar-refractivity contribution is -0.267. The fraction of sp³-hybridized carbons (Fsp3) is 0.370. The van der Waals surface area contributed by atoms with Crippen LogP contribution in [0.25, 0.3) is 22.3 Å². The van der Waals surface area contributed by atoms with E-state index in [1.54, 1.807) is 36.6 Å². The molecule has 3 aromatic rings. The maximum Gasteiger partial charge on any atom is 0.328 e. The van der Waals surface area contributed by atoms with Gasteiger partial charge in [0.1, 0.15) is 41.1 Å². The molecule has 0 unspecified atom stereocenters. The summed E-state index contributed by atoms with van der Waals surface area (Å²) in [7, 11) is 1.15. The number of amides is 1. The van der Waals surface area contributed by atoms with Crippen LogP contribution in [0.5, 0.6) is 17.2 Å². The van der Waals surface area contributed by atoms with E-state index in [0.29, 0.717) is 11.3 Å². The number of fused-ring (bicyclic) bond motifs is 1. The number of ether oxygens (including phenoxy) is 3. The molecule has 0 aliphatic carbocycles. The zero-order chi connectivity index (χ0) is 29.8. The van der Waals surface area contributed by atoms with Crippen LogP contribution in [0, 0.1) is 0 Å². The van der Waals surface area contributed by atoms with Gasteiger partial charge in [0.25, 0.3) is 5.91 Å². The standard InChI is InChI=1S/C27H29NO12S/c1-37-26(36)13(8-9-41-2)28-25(35)24-22(33)21(32)23(34)27(40-24)39-17-11-16-18(20(31)19(17)30)14(29)10-15(38-16)12-6-4-3-5-7-12/h3-7,10-11,13,21-24,27,30-34H,8-9H2,1-2H3,(H,28,35)/t13-,21+,22-,23-,24+,27+/m0/s1. The summed E-state index contributed by atoms with van der Waals surface area (Å²) in [5, 5.41) is 54.6. The van der Waals surface area contributed by atoms with E-state index >= 15 is 0 Å². The molecule has 6 atom stereocenters. The molecule has 0 spiro atoms. The highest BCUT2D eigenvalue weighted by molar-refractivity contribution is 7.98. The van der Waals surface area contributed by atoms with E-state index in [9.17, 15) is 39.9 Å². The number of methoxy groups -OCH3 is 1. The Morgan fingerprint density at radius 3 is 2.41 bits per heavy atom. The van der Waals surface area contributed by atoms with Crippen molar-refractivity contribution in [3.8, 4) is 28.6 Å². The molecule has 41 heavy (non-hydrogen) atoms. The number of carbonyl (C=O) groups excluding carboxylic acids is 2. The van der Waals surface area contributed by atoms with Gasteiger partial charge in [-0.3, -0.25) is 9.59 Å². The number of rotatable bonds is 9. The average Bonchev–Trinajstić information content (AvgIpc) is 2.97. The fourth-order valence-corrected chi connectivity index (χ4v) is 4.74. The lowest BCUT2D eigenvalue weighted by Crippen LogP contribution is -2.63. The van der Waals surface area contributed by atoms with E-state index in [2.05, 4.69) is 5.32 Å². The van der Waals surface area contributed by atoms with Crippen LogP contribution in [0.1, 0.15) is 6.42 Å². The predicted octanol–water partition coefficient (Wildman–Crippen LogP) is 0.468.